The third-order valence-corrected chi connectivity index (χ3v) is 11.5. The zero-order valence-electron chi connectivity index (χ0n) is 39.8. The van der Waals surface area contributed by atoms with Gasteiger partial charge in [0.2, 0.25) is 5.91 Å². The Hall–Kier alpha value is -2.78. The topological polar surface area (TPSA) is 155 Å². The van der Waals surface area contributed by atoms with E-state index in [9.17, 15) is 14.4 Å². The van der Waals surface area contributed by atoms with E-state index < -0.39 is 0 Å². The van der Waals surface area contributed by atoms with Gasteiger partial charge in [-0.25, -0.2) is 0 Å². The molecule has 10 heteroatoms. The number of rotatable bonds is 40. The van der Waals surface area contributed by atoms with Crippen LogP contribution in [0, 0.1) is 11.8 Å². The molecule has 0 saturated heterocycles. The van der Waals surface area contributed by atoms with Gasteiger partial charge in [0.25, 0.3) is 0 Å². The summed E-state index contributed by atoms with van der Waals surface area (Å²) in [7, 11) is 0. The van der Waals surface area contributed by atoms with Crippen LogP contribution in [0.2, 0.25) is 0 Å². The highest BCUT2D eigenvalue weighted by Gasteiger charge is 2.20. The summed E-state index contributed by atoms with van der Waals surface area (Å²) in [5, 5.41) is 2.90. The maximum Gasteiger partial charge on any atom is 0.308 e. The Kier molecular flexibility index (Phi) is 40.9. The number of hydrogen-bond donors (Lipinski definition) is 3. The Balaban J connectivity index is 0.00000117. The summed E-state index contributed by atoms with van der Waals surface area (Å²) in [6.45, 7) is 13.0. The normalized spacial score (nSPS) is 13.5. The van der Waals surface area contributed by atoms with Gasteiger partial charge in [-0.15, -0.1) is 0 Å². The number of ether oxygens (including phenoxy) is 3. The van der Waals surface area contributed by atoms with E-state index in [1.165, 1.54) is 128 Å². The summed E-state index contributed by atoms with van der Waals surface area (Å²) in [6.07, 6.45) is 37.7. The smallest absolute Gasteiger partial charge is 0.308 e. The molecule has 0 aromatic carbocycles. The second-order valence-electron chi connectivity index (χ2n) is 17.4. The molecule has 0 aromatic rings. The molecule has 10 nitrogen and oxygen atoms in total. The molecule has 0 bridgehead atoms. The minimum Gasteiger partial charge on any atom is -0.501 e. The Bertz CT molecular complexity index is 1070. The fourth-order valence-corrected chi connectivity index (χ4v) is 7.31. The van der Waals surface area contributed by atoms with Crippen LogP contribution in [0.1, 0.15) is 240 Å². The second-order valence-corrected chi connectivity index (χ2v) is 17.4. The van der Waals surface area contributed by atoms with Crippen LogP contribution in [-0.2, 0) is 28.6 Å². The summed E-state index contributed by atoms with van der Waals surface area (Å²) in [5.74, 6) is 0.121. The number of hydrogen-bond acceptors (Lipinski definition) is 7. The molecule has 5 N–H and O–H groups in total. The van der Waals surface area contributed by atoms with E-state index >= 15 is 0 Å². The number of carbonyl (C=O) groups excluding carboxylic acids is 3. The molecule has 3 unspecified atom stereocenters. The molecule has 0 spiro atoms. The summed E-state index contributed by atoms with van der Waals surface area (Å²) in [5.41, 5.74) is 12.0. The molecule has 1 amide bonds. The molecule has 60 heavy (non-hydrogen) atoms. The van der Waals surface area contributed by atoms with E-state index in [4.69, 9.17) is 25.7 Å². The van der Waals surface area contributed by atoms with Crippen LogP contribution in [0.5, 0.6) is 0 Å². The minimum absolute atomic E-state index is 0.000282. The number of amides is 1. The van der Waals surface area contributed by atoms with Gasteiger partial charge in [-0.3, -0.25) is 19.4 Å². The maximum atomic E-state index is 12.6. The van der Waals surface area contributed by atoms with Crippen molar-refractivity contribution in [2.75, 3.05) is 26.4 Å². The van der Waals surface area contributed by atoms with Gasteiger partial charge in [-0.1, -0.05) is 156 Å². The molecule has 1 aliphatic carbocycles. The third-order valence-electron chi connectivity index (χ3n) is 11.5. The van der Waals surface area contributed by atoms with Crippen molar-refractivity contribution in [3.63, 3.8) is 0 Å². The lowest BCUT2D eigenvalue weighted by atomic mass is 9.94. The van der Waals surface area contributed by atoms with Crippen LogP contribution < -0.4 is 16.8 Å². The van der Waals surface area contributed by atoms with Crippen LogP contribution in [0.3, 0.4) is 0 Å². The molecule has 0 heterocycles. The van der Waals surface area contributed by atoms with Crippen LogP contribution in [0.4, 0.5) is 0 Å². The first kappa shape index (κ1) is 57.2. The number of unbranched alkanes of at least 4 members (excludes halogenated alkanes) is 17. The van der Waals surface area contributed by atoms with Crippen LogP contribution in [0.15, 0.2) is 16.8 Å². The lowest BCUT2D eigenvalue weighted by molar-refractivity contribution is -0.150. The Morgan fingerprint density at radius 2 is 1.02 bits per heavy atom. The molecule has 1 aliphatic rings. The molecule has 352 valence electrons. The monoisotopic (exact) mass is 849 g/mol. The molecule has 0 radical (unpaired) electrons. The third kappa shape index (κ3) is 37.0. The number of esters is 2. The van der Waals surface area contributed by atoms with Crippen molar-refractivity contribution in [3.05, 3.63) is 11.8 Å². The summed E-state index contributed by atoms with van der Waals surface area (Å²) in [6, 6.07) is -0.000282. The molecular weight excluding hydrogens is 753 g/mol. The standard InChI is InChI=1S/C29H54O3.C21H42N4O3/c1-3-5-7-9-12-16-23-28(22-15-8-6-4-2)29(30)32-25-18-14-11-10-13-17-24-31-26-27-20-19-21-27;1-4-6-8-9-12-18(11-7-5-2)20(27)28-16-10-13-19(26)25-17(3)14-15-24-21(22)23/h26,28H,3-25H2,1-2H3;17-18H,4-16H2,1-3H3,(H,25,26)(H4,22,23,24). The summed E-state index contributed by atoms with van der Waals surface area (Å²) in [4.78, 5) is 40.8. The Morgan fingerprint density at radius 1 is 0.583 bits per heavy atom. The van der Waals surface area contributed by atoms with E-state index in [2.05, 4.69) is 38.0 Å². The molecule has 3 atom stereocenters. The number of nitrogens with one attached hydrogen (secondary N) is 1. The number of nitrogens with zero attached hydrogens (tertiary/aromatic N) is 1. The minimum atomic E-state index is -0.101. The van der Waals surface area contributed by atoms with Crippen molar-refractivity contribution in [2.45, 2.75) is 246 Å². The highest BCUT2D eigenvalue weighted by molar-refractivity contribution is 5.76. The van der Waals surface area contributed by atoms with Gasteiger partial charge in [0.05, 0.1) is 37.9 Å². The van der Waals surface area contributed by atoms with E-state index in [0.29, 0.717) is 39.0 Å². The largest absolute Gasteiger partial charge is 0.501 e. The molecule has 1 rings (SSSR count). The quantitative estimate of drug-likeness (QED) is 0.0181. The van der Waals surface area contributed by atoms with Crippen LogP contribution in [-0.4, -0.2) is 56.2 Å². The fourth-order valence-electron chi connectivity index (χ4n) is 7.31. The lowest BCUT2D eigenvalue weighted by Gasteiger charge is -2.16. The number of aliphatic imine (C=N–C) groups is 1. The van der Waals surface area contributed by atoms with Gasteiger partial charge in [-0.05, 0) is 83.1 Å². The van der Waals surface area contributed by atoms with E-state index in [1.807, 2.05) is 13.2 Å². The van der Waals surface area contributed by atoms with E-state index in [-0.39, 0.29) is 41.7 Å². The van der Waals surface area contributed by atoms with Gasteiger partial charge in [0, 0.05) is 19.0 Å². The highest BCUT2D eigenvalue weighted by Crippen LogP contribution is 2.25. The first-order chi connectivity index (χ1) is 29.2. The first-order valence-corrected chi connectivity index (χ1v) is 25.2. The van der Waals surface area contributed by atoms with E-state index in [0.717, 1.165) is 70.8 Å². The molecule has 0 aromatic heterocycles. The van der Waals surface area contributed by atoms with Gasteiger partial charge in [0.15, 0.2) is 5.96 Å². The fraction of sp³-hybridized carbons (Fsp3) is 0.880. The Morgan fingerprint density at radius 3 is 1.50 bits per heavy atom. The highest BCUT2D eigenvalue weighted by atomic mass is 16.5. The van der Waals surface area contributed by atoms with Crippen molar-refractivity contribution in [1.29, 1.82) is 0 Å². The predicted molar refractivity (Wildman–Crippen MR) is 252 cm³/mol. The lowest BCUT2D eigenvalue weighted by Crippen LogP contribution is -2.33. The van der Waals surface area contributed by atoms with Crippen molar-refractivity contribution in [3.8, 4) is 0 Å². The zero-order chi connectivity index (χ0) is 44.3. The number of carbonyl (C=O) groups is 3. The van der Waals surface area contributed by atoms with Gasteiger partial charge in [0.1, 0.15) is 0 Å². The van der Waals surface area contributed by atoms with Crippen molar-refractivity contribution in [1.82, 2.24) is 5.32 Å². The predicted octanol–water partition coefficient (Wildman–Crippen LogP) is 12.5. The van der Waals surface area contributed by atoms with Crippen molar-refractivity contribution in [2.24, 2.45) is 28.3 Å². The SMILES string of the molecule is CCCCCCC(CCCC)C(=O)OCCCC(=O)NC(C)CCN=C(N)N.CCCCCCCCC(CCCCCC)C(=O)OCCCCCCCCOC=C1CCC1. The van der Waals surface area contributed by atoms with Gasteiger partial charge in [-0.2, -0.15) is 0 Å². The van der Waals surface area contributed by atoms with Crippen LogP contribution in [0.25, 0.3) is 0 Å². The molecule has 1 fully saturated rings. The average Bonchev–Trinajstić information content (AvgIpc) is 3.20. The van der Waals surface area contributed by atoms with Gasteiger partial charge < -0.3 is 31.0 Å². The Labute approximate surface area is 369 Å². The molecular formula is C50H96N4O6. The second kappa shape index (κ2) is 42.9. The number of allylic oxidation sites excluding steroid dienone is 1. The van der Waals surface area contributed by atoms with Gasteiger partial charge >= 0.3 is 11.9 Å². The summed E-state index contributed by atoms with van der Waals surface area (Å²) >= 11 is 0. The molecule has 1 saturated carbocycles. The van der Waals surface area contributed by atoms with Crippen LogP contribution >= 0.6 is 0 Å². The maximum absolute atomic E-state index is 12.6. The zero-order valence-corrected chi connectivity index (χ0v) is 39.8. The number of nitrogens with two attached hydrogens (primary N) is 2. The van der Waals surface area contributed by atoms with E-state index in [1.54, 1.807) is 0 Å². The molecule has 0 aliphatic heterocycles. The van der Waals surface area contributed by atoms with Crippen molar-refractivity contribution < 1.29 is 28.6 Å². The first-order valence-electron chi connectivity index (χ1n) is 25.2. The average molecular weight is 849 g/mol. The van der Waals surface area contributed by atoms with Crippen molar-refractivity contribution >= 4 is 23.8 Å². The number of guanidine groups is 1. The summed E-state index contributed by atoms with van der Waals surface area (Å²) < 4.78 is 16.7.